The van der Waals surface area contributed by atoms with E-state index in [-0.39, 0.29) is 53.0 Å². The summed E-state index contributed by atoms with van der Waals surface area (Å²) in [6.07, 6.45) is 2.08. The van der Waals surface area contributed by atoms with Crippen LogP contribution in [0.2, 0.25) is 0 Å². The number of fused-ring (bicyclic) bond motifs is 2. The molecule has 4 aliphatic rings. The number of carboxylic acids is 1. The van der Waals surface area contributed by atoms with Crippen LogP contribution in [-0.2, 0) is 23.9 Å². The number of aliphatic carboxylic acids is 1. The van der Waals surface area contributed by atoms with E-state index in [4.69, 9.17) is 4.74 Å². The lowest BCUT2D eigenvalue weighted by molar-refractivity contribution is -0.158. The number of rotatable bonds is 2. The Morgan fingerprint density at radius 2 is 1.14 bits per heavy atom. The molecule has 37 heavy (non-hydrogen) atoms. The lowest BCUT2D eigenvalue weighted by Crippen LogP contribution is -2.54. The summed E-state index contributed by atoms with van der Waals surface area (Å²) in [6, 6.07) is -2.02. The van der Waals surface area contributed by atoms with Crippen LogP contribution in [0.1, 0.15) is 80.1 Å². The normalized spacial score (nSPS) is 35.9. The van der Waals surface area contributed by atoms with Crippen LogP contribution in [0.4, 0.5) is 0 Å². The Morgan fingerprint density at radius 1 is 0.757 bits per heavy atom. The minimum Gasteiger partial charge on any atom is -0.480 e. The molecule has 4 aliphatic heterocycles. The summed E-state index contributed by atoms with van der Waals surface area (Å²) in [7, 11) is 1.32. The molecular formula is C27H44N2O8. The van der Waals surface area contributed by atoms with Gasteiger partial charge in [0.2, 0.25) is 11.8 Å². The summed E-state index contributed by atoms with van der Waals surface area (Å²) in [5.74, 6) is -1.82. The maximum atomic E-state index is 12.6. The number of carbonyl (C=O) groups excluding carboxylic acids is 3. The Bertz CT molecular complexity index is 907. The van der Waals surface area contributed by atoms with Gasteiger partial charge in [0.15, 0.2) is 0 Å². The lowest BCUT2D eigenvalue weighted by Gasteiger charge is -2.42. The first-order chi connectivity index (χ1) is 17.0. The van der Waals surface area contributed by atoms with Gasteiger partial charge in [-0.25, -0.2) is 9.59 Å². The summed E-state index contributed by atoms with van der Waals surface area (Å²) in [4.78, 5) is 51.1. The van der Waals surface area contributed by atoms with E-state index in [0.29, 0.717) is 12.8 Å². The van der Waals surface area contributed by atoms with Gasteiger partial charge >= 0.3 is 11.9 Å². The number of hydrogen-bond acceptors (Lipinski definition) is 7. The van der Waals surface area contributed by atoms with Crippen molar-refractivity contribution in [3.63, 3.8) is 0 Å². The molecule has 0 radical (unpaired) electrons. The van der Waals surface area contributed by atoms with Gasteiger partial charge in [0, 0.05) is 24.7 Å². The lowest BCUT2D eigenvalue weighted by atomic mass is 9.74. The highest BCUT2D eigenvalue weighted by molar-refractivity contribution is 5.88. The van der Waals surface area contributed by atoms with E-state index < -0.39 is 36.2 Å². The minimum absolute atomic E-state index is 0.0179. The van der Waals surface area contributed by atoms with Gasteiger partial charge in [0.1, 0.15) is 12.1 Å². The van der Waals surface area contributed by atoms with Crippen molar-refractivity contribution in [1.82, 2.24) is 9.80 Å². The SMILES string of the molecule is CC(C)(C)[C@H]1CC[C@@H]2[C@H](O)C[C@@H](C(=O)O)N2C1=O.COC(=O)[C@@H]1C[C@@H](O)[C@H]2CC[C@H](C(C)(C)C)C(=O)N21. The predicted octanol–water partition coefficient (Wildman–Crippen LogP) is 1.80. The second-order valence-electron chi connectivity index (χ2n) is 13.1. The Balaban J connectivity index is 0.000000206. The van der Waals surface area contributed by atoms with E-state index in [1.54, 1.807) is 4.90 Å². The fraction of sp³-hybridized carbons (Fsp3) is 0.852. The number of esters is 1. The molecule has 2 amide bonds. The van der Waals surface area contributed by atoms with Gasteiger partial charge in [-0.05, 0) is 36.5 Å². The Kier molecular flexibility index (Phi) is 8.34. The summed E-state index contributed by atoms with van der Waals surface area (Å²) >= 11 is 0. The van der Waals surface area contributed by atoms with E-state index in [9.17, 15) is 34.5 Å². The fourth-order valence-electron chi connectivity index (χ4n) is 6.58. The van der Waals surface area contributed by atoms with Gasteiger partial charge in [0.05, 0.1) is 31.4 Å². The van der Waals surface area contributed by atoms with Gasteiger partial charge < -0.3 is 29.9 Å². The van der Waals surface area contributed by atoms with Crippen LogP contribution < -0.4 is 0 Å². The van der Waals surface area contributed by atoms with Crippen molar-refractivity contribution in [1.29, 1.82) is 0 Å². The van der Waals surface area contributed by atoms with Gasteiger partial charge in [-0.1, -0.05) is 41.5 Å². The number of aliphatic hydroxyl groups excluding tert-OH is 2. The smallest absolute Gasteiger partial charge is 0.328 e. The minimum atomic E-state index is -1.01. The van der Waals surface area contributed by atoms with Crippen molar-refractivity contribution in [3.8, 4) is 0 Å². The molecule has 4 rings (SSSR count). The molecule has 4 saturated heterocycles. The number of methoxy groups -OCH3 is 1. The second-order valence-corrected chi connectivity index (χ2v) is 13.1. The van der Waals surface area contributed by atoms with Crippen molar-refractivity contribution >= 4 is 23.8 Å². The second kappa shape index (κ2) is 10.5. The number of piperidine rings is 2. The van der Waals surface area contributed by atoms with Crippen LogP contribution in [0.15, 0.2) is 0 Å². The zero-order chi connectivity index (χ0) is 28.0. The molecule has 0 unspecified atom stereocenters. The summed E-state index contributed by atoms with van der Waals surface area (Å²) in [5, 5.41) is 29.1. The third-order valence-electron chi connectivity index (χ3n) is 8.66. The van der Waals surface area contributed by atoms with Crippen LogP contribution in [0.3, 0.4) is 0 Å². The summed E-state index contributed by atoms with van der Waals surface area (Å²) in [6.45, 7) is 12.1. The van der Waals surface area contributed by atoms with Crippen molar-refractivity contribution in [2.45, 2.75) is 116 Å². The molecule has 3 N–H and O–H groups in total. The van der Waals surface area contributed by atoms with Crippen LogP contribution in [-0.4, -0.2) is 92.4 Å². The van der Waals surface area contributed by atoms with Crippen molar-refractivity contribution in [3.05, 3.63) is 0 Å². The van der Waals surface area contributed by atoms with E-state index >= 15 is 0 Å². The number of hydrogen-bond donors (Lipinski definition) is 3. The number of carboxylic acid groups (broad SMARTS) is 1. The monoisotopic (exact) mass is 524 g/mol. The fourth-order valence-corrected chi connectivity index (χ4v) is 6.58. The number of carbonyl (C=O) groups is 4. The zero-order valence-corrected chi connectivity index (χ0v) is 23.1. The molecule has 210 valence electrons. The standard InChI is InChI=1S/C14H23NO4.C13H21NO4/c1-14(2,3)8-5-6-9-11(16)7-10(13(18)19-4)15(9)12(8)17;1-13(2,3)7-4-5-8-10(15)6-9(12(17)18)14(8)11(7)16/h8-11,16H,5-7H2,1-4H3;7-10,15H,4-6H2,1-3H3,(H,17,18)/t8-,9+,10-,11+;7-,8+,9-,10+/m00/s1. The molecule has 0 aromatic carbocycles. The topological polar surface area (TPSA) is 145 Å². The number of nitrogens with zero attached hydrogens (tertiary/aromatic N) is 2. The Hall–Kier alpha value is -2.20. The van der Waals surface area contributed by atoms with E-state index in [1.807, 2.05) is 41.5 Å². The van der Waals surface area contributed by atoms with E-state index in [1.165, 1.54) is 12.0 Å². The largest absolute Gasteiger partial charge is 0.480 e. The molecule has 0 saturated carbocycles. The highest BCUT2D eigenvalue weighted by Crippen LogP contribution is 2.43. The summed E-state index contributed by atoms with van der Waals surface area (Å²) < 4.78 is 4.76. The van der Waals surface area contributed by atoms with E-state index in [2.05, 4.69) is 0 Å². The number of amides is 2. The molecule has 8 atom stereocenters. The molecule has 0 aromatic rings. The number of aliphatic hydroxyl groups is 2. The van der Waals surface area contributed by atoms with Crippen molar-refractivity contribution in [2.75, 3.05) is 7.11 Å². The predicted molar refractivity (Wildman–Crippen MR) is 134 cm³/mol. The zero-order valence-electron chi connectivity index (χ0n) is 23.1. The van der Waals surface area contributed by atoms with Crippen LogP contribution in [0, 0.1) is 22.7 Å². The highest BCUT2D eigenvalue weighted by atomic mass is 16.5. The quantitative estimate of drug-likeness (QED) is 0.464. The van der Waals surface area contributed by atoms with Crippen LogP contribution >= 0.6 is 0 Å². The molecule has 0 spiro atoms. The Morgan fingerprint density at radius 3 is 1.49 bits per heavy atom. The van der Waals surface area contributed by atoms with E-state index in [0.717, 1.165) is 19.3 Å². The molecule has 10 nitrogen and oxygen atoms in total. The number of ether oxygens (including phenoxy) is 1. The molecule has 4 heterocycles. The molecular weight excluding hydrogens is 480 g/mol. The highest BCUT2D eigenvalue weighted by Gasteiger charge is 2.53. The molecule has 0 bridgehead atoms. The van der Waals surface area contributed by atoms with Crippen LogP contribution in [0.25, 0.3) is 0 Å². The van der Waals surface area contributed by atoms with Crippen molar-refractivity contribution in [2.24, 2.45) is 22.7 Å². The average Bonchev–Trinajstić information content (AvgIpc) is 3.31. The first-order valence-electron chi connectivity index (χ1n) is 13.3. The van der Waals surface area contributed by atoms with Crippen molar-refractivity contribution < 1.29 is 39.2 Å². The third-order valence-corrected chi connectivity index (χ3v) is 8.66. The third kappa shape index (κ3) is 5.65. The average molecular weight is 525 g/mol. The van der Waals surface area contributed by atoms with Gasteiger partial charge in [-0.3, -0.25) is 9.59 Å². The first kappa shape index (κ1) is 29.4. The van der Waals surface area contributed by atoms with Gasteiger partial charge in [0.25, 0.3) is 0 Å². The van der Waals surface area contributed by atoms with Gasteiger partial charge in [-0.15, -0.1) is 0 Å². The molecule has 0 aliphatic carbocycles. The maximum absolute atomic E-state index is 12.6. The maximum Gasteiger partial charge on any atom is 0.328 e. The van der Waals surface area contributed by atoms with Gasteiger partial charge in [-0.2, -0.15) is 0 Å². The molecule has 0 aromatic heterocycles. The summed E-state index contributed by atoms with van der Waals surface area (Å²) in [5.41, 5.74) is -0.297. The first-order valence-corrected chi connectivity index (χ1v) is 13.3. The van der Waals surface area contributed by atoms with Crippen LogP contribution in [0.5, 0.6) is 0 Å². The Labute approximate surface area is 219 Å². The molecule has 10 heteroatoms. The molecule has 4 fully saturated rings.